The van der Waals surface area contributed by atoms with Crippen molar-refractivity contribution < 1.29 is 41.7 Å². The number of halogens is 1. The number of unbranched alkanes of at least 4 members (excludes halogenated alkanes) is 1. The average molecular weight is 526 g/mol. The van der Waals surface area contributed by atoms with Crippen molar-refractivity contribution in [1.29, 1.82) is 0 Å². The minimum Gasteiger partial charge on any atom is -0.467 e. The van der Waals surface area contributed by atoms with Gasteiger partial charge in [0, 0.05) is 5.38 Å². The van der Waals surface area contributed by atoms with Crippen molar-refractivity contribution >= 4 is 67.8 Å². The van der Waals surface area contributed by atoms with Gasteiger partial charge in [-0.15, -0.1) is 22.9 Å². The number of amides is 3. The molecule has 1 fully saturated rings. The molecule has 3 amide bonds. The molecule has 0 aliphatic carbocycles. The van der Waals surface area contributed by atoms with Gasteiger partial charge in [0.2, 0.25) is 5.91 Å². The number of anilines is 1. The van der Waals surface area contributed by atoms with Gasteiger partial charge in [-0.3, -0.25) is 18.9 Å². The molecule has 1 saturated heterocycles. The van der Waals surface area contributed by atoms with E-state index in [9.17, 15) is 32.1 Å². The number of methoxy groups -OCH3 is 1. The Bertz CT molecular complexity index is 1060. The van der Waals surface area contributed by atoms with Crippen LogP contribution in [-0.2, 0) is 39.1 Å². The fourth-order valence-electron chi connectivity index (χ4n) is 2.54. The zero-order valence-electron chi connectivity index (χ0n) is 17.3. The van der Waals surface area contributed by atoms with Crippen LogP contribution in [0.3, 0.4) is 0 Å². The molecule has 2 rings (SSSR count). The highest BCUT2D eigenvalue weighted by Crippen LogP contribution is 2.25. The first-order chi connectivity index (χ1) is 15.5. The highest BCUT2D eigenvalue weighted by molar-refractivity contribution is 7.84. The predicted molar refractivity (Wildman–Crippen MR) is 115 cm³/mol. The second-order valence-corrected chi connectivity index (χ2v) is 8.79. The number of oxime groups is 1. The lowest BCUT2D eigenvalue weighted by atomic mass is 9.98. The third-order valence-electron chi connectivity index (χ3n) is 4.10. The summed E-state index contributed by atoms with van der Waals surface area (Å²) in [5.41, 5.74) is -0.442. The van der Waals surface area contributed by atoms with Gasteiger partial charge >= 0.3 is 16.3 Å². The largest absolute Gasteiger partial charge is 0.467 e. The smallest absolute Gasteiger partial charge is 0.363 e. The number of thiazole rings is 1. The molecule has 1 aromatic heterocycles. The third-order valence-corrected chi connectivity index (χ3v) is 6.01. The first kappa shape index (κ1) is 26.4. The van der Waals surface area contributed by atoms with Gasteiger partial charge in [0.25, 0.3) is 11.8 Å². The zero-order valence-corrected chi connectivity index (χ0v) is 19.7. The van der Waals surface area contributed by atoms with Crippen molar-refractivity contribution in [2.45, 2.75) is 31.8 Å². The Hall–Kier alpha value is -2.82. The van der Waals surface area contributed by atoms with E-state index in [2.05, 4.69) is 25.5 Å². The van der Waals surface area contributed by atoms with Crippen LogP contribution in [0.2, 0.25) is 0 Å². The van der Waals surface area contributed by atoms with Crippen molar-refractivity contribution in [3.63, 3.8) is 0 Å². The number of rotatable bonds is 11. The number of carbonyl (C=O) groups is 4. The molecule has 0 aromatic carbocycles. The fraction of sp³-hybridized carbons (Fsp3) is 0.500. The maximum atomic E-state index is 12.9. The molecular formula is C16H20ClN5O9S2. The molecule has 0 radical (unpaired) electrons. The Labute approximate surface area is 197 Å². The number of carbonyl (C=O) groups excluding carboxylic acids is 4. The molecule has 2 atom stereocenters. The Morgan fingerprint density at radius 2 is 2.09 bits per heavy atom. The number of hydrogen-bond donors (Lipinski definition) is 3. The van der Waals surface area contributed by atoms with Crippen LogP contribution >= 0.6 is 22.9 Å². The van der Waals surface area contributed by atoms with E-state index in [4.69, 9.17) is 16.4 Å². The Balaban J connectivity index is 2.28. The van der Waals surface area contributed by atoms with E-state index >= 15 is 0 Å². The summed E-state index contributed by atoms with van der Waals surface area (Å²) >= 11 is 6.39. The summed E-state index contributed by atoms with van der Waals surface area (Å²) in [6.07, 6.45) is 1.41. The van der Waals surface area contributed by atoms with Gasteiger partial charge in [-0.1, -0.05) is 18.5 Å². The van der Waals surface area contributed by atoms with E-state index in [0.717, 1.165) is 24.9 Å². The maximum absolute atomic E-state index is 12.9. The summed E-state index contributed by atoms with van der Waals surface area (Å²) in [5.74, 6) is -4.34. The summed E-state index contributed by atoms with van der Waals surface area (Å²) in [4.78, 5) is 57.6. The summed E-state index contributed by atoms with van der Waals surface area (Å²) in [7, 11) is -4.14. The molecule has 0 unspecified atom stereocenters. The van der Waals surface area contributed by atoms with E-state index < -0.39 is 51.8 Å². The summed E-state index contributed by atoms with van der Waals surface area (Å²) in [6, 6.07) is -3.49. The number of alkyl halides is 1. The van der Waals surface area contributed by atoms with Crippen LogP contribution in [0, 0.1) is 0 Å². The lowest BCUT2D eigenvalue weighted by Gasteiger charge is -2.41. The molecule has 0 bridgehead atoms. The molecule has 17 heteroatoms. The van der Waals surface area contributed by atoms with Gasteiger partial charge in [-0.2, -0.15) is 12.7 Å². The van der Waals surface area contributed by atoms with Crippen molar-refractivity contribution in [1.82, 2.24) is 14.6 Å². The molecule has 182 valence electrons. The maximum Gasteiger partial charge on any atom is 0.363 e. The molecule has 33 heavy (non-hydrogen) atoms. The van der Waals surface area contributed by atoms with Gasteiger partial charge in [-0.05, 0) is 6.42 Å². The minimum absolute atomic E-state index is 0.0353. The predicted octanol–water partition coefficient (Wildman–Crippen LogP) is -0.487. The highest BCUT2D eigenvalue weighted by atomic mass is 35.5. The second-order valence-electron chi connectivity index (χ2n) is 6.38. The summed E-state index contributed by atoms with van der Waals surface area (Å²) in [5, 5.41) is 9.79. The number of hydrogen-bond acceptors (Lipinski definition) is 11. The summed E-state index contributed by atoms with van der Waals surface area (Å²) < 4.78 is 36.3. The Kier molecular flexibility index (Phi) is 9.09. The quantitative estimate of drug-likeness (QED) is 0.0645. The van der Waals surface area contributed by atoms with Gasteiger partial charge < -0.3 is 20.2 Å². The van der Waals surface area contributed by atoms with Gasteiger partial charge in [-0.25, -0.2) is 9.78 Å². The first-order valence-electron chi connectivity index (χ1n) is 9.26. The zero-order chi connectivity index (χ0) is 24.8. The Morgan fingerprint density at radius 1 is 1.39 bits per heavy atom. The molecule has 2 heterocycles. The van der Waals surface area contributed by atoms with E-state index in [1.165, 1.54) is 5.38 Å². The monoisotopic (exact) mass is 525 g/mol. The van der Waals surface area contributed by atoms with Gasteiger partial charge in [0.05, 0.1) is 7.11 Å². The molecule has 1 aromatic rings. The van der Waals surface area contributed by atoms with Crippen molar-refractivity contribution in [2.75, 3.05) is 24.9 Å². The van der Waals surface area contributed by atoms with Crippen LogP contribution in [0.4, 0.5) is 5.13 Å². The number of nitrogens with one attached hydrogen (secondary N) is 2. The average Bonchev–Trinajstić information content (AvgIpc) is 3.21. The van der Waals surface area contributed by atoms with Gasteiger partial charge in [0.15, 0.2) is 16.9 Å². The third kappa shape index (κ3) is 6.37. The summed E-state index contributed by atoms with van der Waals surface area (Å²) in [6.45, 7) is 2.07. The van der Waals surface area contributed by atoms with E-state index in [1.54, 1.807) is 0 Å². The number of esters is 1. The SMILES string of the molecule is CCCCON=C(C(=O)N[C@@H]1C(=O)N(S(=O)(=O)O)[C@@H]1C(=O)OC)c1csc(NC(=O)CCl)n1. The standard InChI is InChI=1S/C16H20ClN5O9S2/c1-3-4-5-31-21-10(8-7-32-16(18-8)19-9(23)6-17)13(24)20-11-12(15(26)30-2)22(14(11)25)33(27,28)29/h7,11-12H,3-6H2,1-2H3,(H,20,24)(H,18,19,23)(H,27,28,29)/t11-,12-/m0/s1. The molecule has 14 nitrogen and oxygen atoms in total. The minimum atomic E-state index is -5.08. The normalized spacial score (nSPS) is 18.4. The van der Waals surface area contributed by atoms with E-state index in [-0.39, 0.29) is 27.6 Å². The number of nitrogens with zero attached hydrogens (tertiary/aromatic N) is 3. The molecule has 0 spiro atoms. The van der Waals surface area contributed by atoms with Crippen molar-refractivity contribution in [3.8, 4) is 0 Å². The van der Waals surface area contributed by atoms with E-state index in [0.29, 0.717) is 6.42 Å². The molecule has 0 saturated carbocycles. The van der Waals surface area contributed by atoms with Crippen molar-refractivity contribution in [2.24, 2.45) is 5.16 Å². The highest BCUT2D eigenvalue weighted by Gasteiger charge is 2.58. The van der Waals surface area contributed by atoms with Crippen LogP contribution in [-0.4, -0.2) is 83.3 Å². The van der Waals surface area contributed by atoms with Crippen LogP contribution in [0.25, 0.3) is 0 Å². The number of aromatic nitrogens is 1. The van der Waals surface area contributed by atoms with Gasteiger partial charge in [0.1, 0.15) is 24.2 Å². The first-order valence-corrected chi connectivity index (χ1v) is 12.1. The van der Waals surface area contributed by atoms with Crippen LogP contribution in [0.1, 0.15) is 25.5 Å². The lowest BCUT2D eigenvalue weighted by Crippen LogP contribution is -2.74. The Morgan fingerprint density at radius 3 is 2.67 bits per heavy atom. The fourth-order valence-corrected chi connectivity index (χ4v) is 4.15. The van der Waals surface area contributed by atoms with Crippen LogP contribution in [0.5, 0.6) is 0 Å². The van der Waals surface area contributed by atoms with Crippen LogP contribution < -0.4 is 10.6 Å². The molecular weight excluding hydrogens is 506 g/mol. The van der Waals surface area contributed by atoms with E-state index in [1.807, 2.05) is 6.92 Å². The van der Waals surface area contributed by atoms with Crippen molar-refractivity contribution in [3.05, 3.63) is 11.1 Å². The number of ether oxygens (including phenoxy) is 1. The molecule has 1 aliphatic rings. The molecule has 1 aliphatic heterocycles. The number of β-lactam (4-membered cyclic amide) rings is 1. The molecule has 3 N–H and O–H groups in total. The second kappa shape index (κ2) is 11.4. The lowest BCUT2D eigenvalue weighted by molar-refractivity contribution is -0.162. The topological polar surface area (TPSA) is 194 Å². The van der Waals surface area contributed by atoms with Crippen LogP contribution in [0.15, 0.2) is 10.5 Å².